The molecule has 1 aliphatic heterocycles. The highest BCUT2D eigenvalue weighted by Gasteiger charge is 2.24. The highest BCUT2D eigenvalue weighted by molar-refractivity contribution is 5.94. The number of pyridine rings is 1. The van der Waals surface area contributed by atoms with Gasteiger partial charge in [0.1, 0.15) is 0 Å². The van der Waals surface area contributed by atoms with Crippen LogP contribution in [-0.4, -0.2) is 33.4 Å². The molecule has 106 valence electrons. The predicted octanol–water partition coefficient (Wildman–Crippen LogP) is 1.98. The molecule has 0 saturated carbocycles. The lowest BCUT2D eigenvalue weighted by Gasteiger charge is -2.29. The average Bonchev–Trinajstić information content (AvgIpc) is 2.53. The lowest BCUT2D eigenvalue weighted by atomic mass is 9.94. The van der Waals surface area contributed by atoms with Gasteiger partial charge in [0, 0.05) is 31.0 Å². The Morgan fingerprint density at radius 3 is 2.62 bits per heavy atom. The fraction of sp³-hybridized carbons (Fsp3) is 0.188. The van der Waals surface area contributed by atoms with Crippen molar-refractivity contribution in [3.63, 3.8) is 0 Å². The number of nitrogens with zero attached hydrogens (tertiary/aromatic N) is 2. The molecule has 1 amide bonds. The van der Waals surface area contributed by atoms with Crippen LogP contribution in [-0.2, 0) is 13.0 Å². The summed E-state index contributed by atoms with van der Waals surface area (Å²) in [6, 6.07) is 8.59. The zero-order chi connectivity index (χ0) is 14.8. The summed E-state index contributed by atoms with van der Waals surface area (Å²) < 4.78 is 0. The van der Waals surface area contributed by atoms with Crippen LogP contribution in [0.2, 0.25) is 0 Å². The SMILES string of the molecule is O=C(O)c1cccc2c1CCN(C(=O)c1ccncc1)C2. The summed E-state index contributed by atoms with van der Waals surface area (Å²) in [5, 5.41) is 9.21. The molecule has 2 aromatic rings. The average molecular weight is 282 g/mol. The molecule has 0 spiro atoms. The van der Waals surface area contributed by atoms with Gasteiger partial charge in [-0.1, -0.05) is 12.1 Å². The Morgan fingerprint density at radius 2 is 1.90 bits per heavy atom. The summed E-state index contributed by atoms with van der Waals surface area (Å²) in [7, 11) is 0. The van der Waals surface area contributed by atoms with Crippen LogP contribution in [0.3, 0.4) is 0 Å². The van der Waals surface area contributed by atoms with Gasteiger partial charge >= 0.3 is 5.97 Å². The van der Waals surface area contributed by atoms with E-state index in [1.54, 1.807) is 41.6 Å². The third-order valence-electron chi connectivity index (χ3n) is 3.71. The van der Waals surface area contributed by atoms with Crippen molar-refractivity contribution in [2.75, 3.05) is 6.54 Å². The summed E-state index contributed by atoms with van der Waals surface area (Å²) in [6.07, 6.45) is 3.75. The maximum absolute atomic E-state index is 12.4. The Balaban J connectivity index is 1.87. The molecule has 2 heterocycles. The molecule has 0 radical (unpaired) electrons. The van der Waals surface area contributed by atoms with E-state index in [0.29, 0.717) is 30.6 Å². The number of hydrogen-bond donors (Lipinski definition) is 1. The standard InChI is InChI=1S/C16H14N2O3/c19-15(11-4-7-17-8-5-11)18-9-6-13-12(10-18)2-1-3-14(13)16(20)21/h1-5,7-8H,6,9-10H2,(H,20,21). The third-order valence-corrected chi connectivity index (χ3v) is 3.71. The lowest BCUT2D eigenvalue weighted by molar-refractivity contribution is 0.0694. The molecule has 5 nitrogen and oxygen atoms in total. The summed E-state index contributed by atoms with van der Waals surface area (Å²) in [6.45, 7) is 0.968. The van der Waals surface area contributed by atoms with Gasteiger partial charge < -0.3 is 10.0 Å². The van der Waals surface area contributed by atoms with E-state index in [1.165, 1.54) is 0 Å². The van der Waals surface area contributed by atoms with Gasteiger partial charge in [-0.2, -0.15) is 0 Å². The topological polar surface area (TPSA) is 70.5 Å². The van der Waals surface area contributed by atoms with Crippen LogP contribution >= 0.6 is 0 Å². The van der Waals surface area contributed by atoms with E-state index in [2.05, 4.69) is 4.98 Å². The quantitative estimate of drug-likeness (QED) is 0.914. The first-order valence-electron chi connectivity index (χ1n) is 6.70. The summed E-state index contributed by atoms with van der Waals surface area (Å²) >= 11 is 0. The number of benzene rings is 1. The van der Waals surface area contributed by atoms with Gasteiger partial charge in [-0.05, 0) is 35.7 Å². The molecule has 0 aliphatic carbocycles. The second-order valence-electron chi connectivity index (χ2n) is 4.96. The van der Waals surface area contributed by atoms with E-state index < -0.39 is 5.97 Å². The predicted molar refractivity (Wildman–Crippen MR) is 76.1 cm³/mol. The van der Waals surface area contributed by atoms with E-state index in [0.717, 1.165) is 11.1 Å². The summed E-state index contributed by atoms with van der Waals surface area (Å²) in [5.74, 6) is -0.968. The number of aromatic carboxylic acids is 1. The van der Waals surface area contributed by atoms with Gasteiger partial charge in [0.2, 0.25) is 0 Å². The molecular weight excluding hydrogens is 268 g/mol. The molecule has 0 unspecified atom stereocenters. The van der Waals surface area contributed by atoms with Gasteiger partial charge in [-0.25, -0.2) is 4.79 Å². The smallest absolute Gasteiger partial charge is 0.335 e. The largest absolute Gasteiger partial charge is 0.478 e. The monoisotopic (exact) mass is 282 g/mol. The Hall–Kier alpha value is -2.69. The van der Waals surface area contributed by atoms with Crippen molar-refractivity contribution >= 4 is 11.9 Å². The van der Waals surface area contributed by atoms with Gasteiger partial charge in [-0.15, -0.1) is 0 Å². The highest BCUT2D eigenvalue weighted by atomic mass is 16.4. The third kappa shape index (κ3) is 2.50. The van der Waals surface area contributed by atoms with Crippen LogP contribution < -0.4 is 0 Å². The van der Waals surface area contributed by atoms with Crippen molar-refractivity contribution in [1.82, 2.24) is 9.88 Å². The van der Waals surface area contributed by atoms with Crippen molar-refractivity contribution in [2.45, 2.75) is 13.0 Å². The first-order chi connectivity index (χ1) is 10.2. The molecule has 1 aliphatic rings. The number of aromatic nitrogens is 1. The van der Waals surface area contributed by atoms with Crippen LogP contribution in [0.25, 0.3) is 0 Å². The van der Waals surface area contributed by atoms with Gasteiger partial charge in [0.15, 0.2) is 0 Å². The van der Waals surface area contributed by atoms with Gasteiger partial charge in [0.25, 0.3) is 5.91 Å². The first kappa shape index (κ1) is 13.3. The minimum absolute atomic E-state index is 0.0521. The van der Waals surface area contributed by atoms with Crippen LogP contribution in [0, 0.1) is 0 Å². The summed E-state index contributed by atoms with van der Waals surface area (Å²) in [5.41, 5.74) is 2.68. The minimum atomic E-state index is -0.916. The molecule has 21 heavy (non-hydrogen) atoms. The Bertz CT molecular complexity index is 698. The number of rotatable bonds is 2. The van der Waals surface area contributed by atoms with Gasteiger partial charge in [-0.3, -0.25) is 9.78 Å². The first-order valence-corrected chi connectivity index (χ1v) is 6.70. The number of carbonyl (C=O) groups is 2. The maximum atomic E-state index is 12.4. The molecular formula is C16H14N2O3. The maximum Gasteiger partial charge on any atom is 0.335 e. The number of carboxylic acid groups (broad SMARTS) is 1. The molecule has 0 bridgehead atoms. The second kappa shape index (κ2) is 5.36. The molecule has 1 aromatic heterocycles. The Labute approximate surface area is 121 Å². The minimum Gasteiger partial charge on any atom is -0.478 e. The number of fused-ring (bicyclic) bond motifs is 1. The van der Waals surface area contributed by atoms with Crippen molar-refractivity contribution in [2.24, 2.45) is 0 Å². The zero-order valence-corrected chi connectivity index (χ0v) is 11.3. The normalized spacial score (nSPS) is 13.6. The fourth-order valence-corrected chi connectivity index (χ4v) is 2.66. The lowest BCUT2D eigenvalue weighted by Crippen LogP contribution is -2.36. The van der Waals surface area contributed by atoms with Crippen LogP contribution in [0.1, 0.15) is 31.8 Å². The van der Waals surface area contributed by atoms with Crippen LogP contribution in [0.15, 0.2) is 42.7 Å². The zero-order valence-electron chi connectivity index (χ0n) is 11.3. The fourth-order valence-electron chi connectivity index (χ4n) is 2.66. The Morgan fingerprint density at radius 1 is 1.14 bits per heavy atom. The number of carboxylic acids is 1. The molecule has 5 heteroatoms. The second-order valence-corrected chi connectivity index (χ2v) is 4.96. The molecule has 1 N–H and O–H groups in total. The molecule has 0 saturated heterocycles. The van der Waals surface area contributed by atoms with Gasteiger partial charge in [0.05, 0.1) is 5.56 Å². The highest BCUT2D eigenvalue weighted by Crippen LogP contribution is 2.23. The summed E-state index contributed by atoms with van der Waals surface area (Å²) in [4.78, 5) is 29.3. The Kier molecular flexibility index (Phi) is 3.39. The van der Waals surface area contributed by atoms with Crippen LogP contribution in [0.4, 0.5) is 0 Å². The molecule has 3 rings (SSSR count). The van der Waals surface area contributed by atoms with E-state index in [4.69, 9.17) is 0 Å². The van der Waals surface area contributed by atoms with E-state index in [-0.39, 0.29) is 5.91 Å². The van der Waals surface area contributed by atoms with Crippen molar-refractivity contribution < 1.29 is 14.7 Å². The molecule has 1 aromatic carbocycles. The van der Waals surface area contributed by atoms with Crippen molar-refractivity contribution in [3.8, 4) is 0 Å². The number of hydrogen-bond acceptors (Lipinski definition) is 3. The van der Waals surface area contributed by atoms with E-state index in [9.17, 15) is 14.7 Å². The van der Waals surface area contributed by atoms with E-state index in [1.807, 2.05) is 6.07 Å². The van der Waals surface area contributed by atoms with Crippen molar-refractivity contribution in [1.29, 1.82) is 0 Å². The number of amides is 1. The number of carbonyl (C=O) groups excluding carboxylic acids is 1. The van der Waals surface area contributed by atoms with Crippen LogP contribution in [0.5, 0.6) is 0 Å². The van der Waals surface area contributed by atoms with E-state index >= 15 is 0 Å². The molecule has 0 atom stereocenters. The molecule has 0 fully saturated rings. The van der Waals surface area contributed by atoms with Crippen molar-refractivity contribution in [3.05, 3.63) is 65.0 Å².